The molecule has 3 heteroatoms. The van der Waals surface area contributed by atoms with Crippen LogP contribution in [-0.2, 0) is 0 Å². The number of halogens is 1. The minimum Gasteiger partial charge on any atom is -0.206 e. The van der Waals surface area contributed by atoms with E-state index in [2.05, 4.69) is 4.37 Å². The molecule has 2 aromatic rings. The van der Waals surface area contributed by atoms with Crippen LogP contribution in [0.2, 0.25) is 0 Å². The van der Waals surface area contributed by atoms with Crippen molar-refractivity contribution >= 4 is 11.5 Å². The van der Waals surface area contributed by atoms with Gasteiger partial charge in [-0.3, -0.25) is 0 Å². The zero-order valence-corrected chi connectivity index (χ0v) is 7.01. The Bertz CT molecular complexity index is 370. The van der Waals surface area contributed by atoms with E-state index in [1.807, 2.05) is 11.4 Å². The second-order valence-electron chi connectivity index (χ2n) is 2.39. The van der Waals surface area contributed by atoms with Crippen molar-refractivity contribution in [2.75, 3.05) is 0 Å². The van der Waals surface area contributed by atoms with Crippen molar-refractivity contribution in [3.8, 4) is 11.1 Å². The molecule has 0 aliphatic rings. The summed E-state index contributed by atoms with van der Waals surface area (Å²) in [6.45, 7) is 0. The summed E-state index contributed by atoms with van der Waals surface area (Å²) in [7, 11) is 0. The summed E-state index contributed by atoms with van der Waals surface area (Å²) >= 11 is 1.33. The average molecular weight is 179 g/mol. The Morgan fingerprint density at radius 1 is 1.25 bits per heavy atom. The van der Waals surface area contributed by atoms with Crippen LogP contribution in [0.15, 0.2) is 35.8 Å². The topological polar surface area (TPSA) is 12.9 Å². The van der Waals surface area contributed by atoms with E-state index in [-0.39, 0.29) is 5.82 Å². The van der Waals surface area contributed by atoms with Crippen LogP contribution in [0.3, 0.4) is 0 Å². The first-order chi connectivity index (χ1) is 5.88. The summed E-state index contributed by atoms with van der Waals surface area (Å²) in [4.78, 5) is 0. The number of hydrogen-bond donors (Lipinski definition) is 0. The summed E-state index contributed by atoms with van der Waals surface area (Å²) in [6.07, 6.45) is 1.67. The molecule has 0 radical (unpaired) electrons. The fourth-order valence-electron chi connectivity index (χ4n) is 1.03. The summed E-state index contributed by atoms with van der Waals surface area (Å²) in [5, 5.41) is 1.83. The maximum absolute atomic E-state index is 13.1. The second kappa shape index (κ2) is 3.03. The lowest BCUT2D eigenvalue weighted by atomic mass is 10.1. The van der Waals surface area contributed by atoms with Crippen LogP contribution in [-0.4, -0.2) is 4.37 Å². The zero-order valence-electron chi connectivity index (χ0n) is 6.20. The number of nitrogens with zero attached hydrogens (tertiary/aromatic N) is 1. The Kier molecular flexibility index (Phi) is 1.87. The van der Waals surface area contributed by atoms with Gasteiger partial charge in [0.15, 0.2) is 0 Å². The number of hydrogen-bond acceptors (Lipinski definition) is 2. The van der Waals surface area contributed by atoms with Crippen LogP contribution >= 0.6 is 11.5 Å². The van der Waals surface area contributed by atoms with Gasteiger partial charge in [-0.05, 0) is 17.6 Å². The first-order valence-corrected chi connectivity index (χ1v) is 4.36. The van der Waals surface area contributed by atoms with Crippen molar-refractivity contribution in [2.45, 2.75) is 0 Å². The molecule has 1 nitrogen and oxygen atoms in total. The quantitative estimate of drug-likeness (QED) is 0.655. The van der Waals surface area contributed by atoms with Gasteiger partial charge in [0, 0.05) is 22.7 Å². The summed E-state index contributed by atoms with van der Waals surface area (Å²) in [6, 6.07) is 6.70. The molecule has 0 saturated carbocycles. The molecule has 0 bridgehead atoms. The Balaban J connectivity index is 2.55. The third kappa shape index (κ3) is 1.23. The molecule has 0 aliphatic carbocycles. The zero-order chi connectivity index (χ0) is 8.39. The summed E-state index contributed by atoms with van der Waals surface area (Å²) < 4.78 is 17.0. The third-order valence-electron chi connectivity index (χ3n) is 1.62. The first kappa shape index (κ1) is 7.43. The van der Waals surface area contributed by atoms with Gasteiger partial charge in [0.05, 0.1) is 0 Å². The van der Waals surface area contributed by atoms with Crippen LogP contribution in [0.1, 0.15) is 0 Å². The van der Waals surface area contributed by atoms with Gasteiger partial charge in [0.25, 0.3) is 0 Å². The molecule has 2 rings (SSSR count). The molecule has 0 saturated heterocycles. The van der Waals surface area contributed by atoms with Gasteiger partial charge in [-0.1, -0.05) is 18.2 Å². The number of rotatable bonds is 1. The first-order valence-electron chi connectivity index (χ1n) is 3.52. The van der Waals surface area contributed by atoms with Gasteiger partial charge >= 0.3 is 0 Å². The van der Waals surface area contributed by atoms with Crippen LogP contribution in [0.25, 0.3) is 11.1 Å². The average Bonchev–Trinajstić information content (AvgIpc) is 2.57. The molecular weight excluding hydrogens is 173 g/mol. The molecule has 0 atom stereocenters. The Labute approximate surface area is 73.7 Å². The summed E-state index contributed by atoms with van der Waals surface area (Å²) in [5.74, 6) is -0.197. The lowest BCUT2D eigenvalue weighted by Gasteiger charge is -1.96. The maximum Gasteiger partial charge on any atom is 0.131 e. The number of benzene rings is 1. The van der Waals surface area contributed by atoms with Crippen molar-refractivity contribution in [2.24, 2.45) is 0 Å². The molecule has 0 amide bonds. The minimum atomic E-state index is -0.197. The molecule has 0 spiro atoms. The Morgan fingerprint density at radius 3 is 2.75 bits per heavy atom. The van der Waals surface area contributed by atoms with E-state index in [1.165, 1.54) is 17.6 Å². The van der Waals surface area contributed by atoms with E-state index in [4.69, 9.17) is 0 Å². The minimum absolute atomic E-state index is 0.197. The normalized spacial score (nSPS) is 10.1. The fourth-order valence-corrected chi connectivity index (χ4v) is 1.57. The number of aromatic nitrogens is 1. The van der Waals surface area contributed by atoms with E-state index in [9.17, 15) is 4.39 Å². The SMILES string of the molecule is Fc1ccccc1-c1cnsc1. The van der Waals surface area contributed by atoms with Gasteiger partial charge in [-0.2, -0.15) is 0 Å². The van der Waals surface area contributed by atoms with Crippen molar-refractivity contribution in [3.63, 3.8) is 0 Å². The van der Waals surface area contributed by atoms with Crippen molar-refractivity contribution in [1.29, 1.82) is 0 Å². The highest BCUT2D eigenvalue weighted by molar-refractivity contribution is 7.03. The van der Waals surface area contributed by atoms with E-state index in [0.717, 1.165) is 5.56 Å². The highest BCUT2D eigenvalue weighted by atomic mass is 32.1. The molecule has 1 heterocycles. The molecule has 12 heavy (non-hydrogen) atoms. The van der Waals surface area contributed by atoms with Crippen LogP contribution in [0.4, 0.5) is 4.39 Å². The van der Waals surface area contributed by atoms with E-state index >= 15 is 0 Å². The smallest absolute Gasteiger partial charge is 0.131 e. The van der Waals surface area contributed by atoms with Crippen molar-refractivity contribution in [1.82, 2.24) is 4.37 Å². The predicted molar refractivity (Wildman–Crippen MR) is 47.5 cm³/mol. The molecule has 60 valence electrons. The molecular formula is C9H6FNS. The lowest BCUT2D eigenvalue weighted by molar-refractivity contribution is 0.631. The van der Waals surface area contributed by atoms with E-state index in [0.29, 0.717) is 5.56 Å². The van der Waals surface area contributed by atoms with Gasteiger partial charge in [0.2, 0.25) is 0 Å². The highest BCUT2D eigenvalue weighted by Crippen LogP contribution is 2.22. The van der Waals surface area contributed by atoms with Crippen LogP contribution in [0, 0.1) is 5.82 Å². The largest absolute Gasteiger partial charge is 0.206 e. The van der Waals surface area contributed by atoms with Gasteiger partial charge in [-0.25, -0.2) is 8.76 Å². The maximum atomic E-state index is 13.1. The third-order valence-corrected chi connectivity index (χ3v) is 2.20. The predicted octanol–water partition coefficient (Wildman–Crippen LogP) is 2.95. The van der Waals surface area contributed by atoms with Gasteiger partial charge in [0.1, 0.15) is 5.82 Å². The molecule has 1 aromatic carbocycles. The van der Waals surface area contributed by atoms with Crippen LogP contribution in [0.5, 0.6) is 0 Å². The monoisotopic (exact) mass is 179 g/mol. The standard InChI is InChI=1S/C9H6FNS/c10-9-4-2-1-3-8(9)7-5-11-12-6-7/h1-6H. The molecule has 1 aromatic heterocycles. The van der Waals surface area contributed by atoms with Crippen LogP contribution < -0.4 is 0 Å². The highest BCUT2D eigenvalue weighted by Gasteiger charge is 2.03. The second-order valence-corrected chi connectivity index (χ2v) is 3.05. The van der Waals surface area contributed by atoms with Gasteiger partial charge < -0.3 is 0 Å². The summed E-state index contributed by atoms with van der Waals surface area (Å²) in [5.41, 5.74) is 1.46. The molecule has 0 aliphatic heterocycles. The van der Waals surface area contributed by atoms with Crippen molar-refractivity contribution < 1.29 is 4.39 Å². The van der Waals surface area contributed by atoms with Crippen molar-refractivity contribution in [3.05, 3.63) is 41.7 Å². The van der Waals surface area contributed by atoms with Gasteiger partial charge in [-0.15, -0.1) is 0 Å². The van der Waals surface area contributed by atoms with E-state index in [1.54, 1.807) is 18.3 Å². The fraction of sp³-hybridized carbons (Fsp3) is 0. The molecule has 0 unspecified atom stereocenters. The van der Waals surface area contributed by atoms with E-state index < -0.39 is 0 Å². The molecule has 0 N–H and O–H groups in total. The molecule has 0 fully saturated rings. The Hall–Kier alpha value is -1.22. The lowest BCUT2D eigenvalue weighted by Crippen LogP contribution is -1.79. The Morgan fingerprint density at radius 2 is 2.08 bits per heavy atom.